The second-order valence-corrected chi connectivity index (χ2v) is 6.53. The molecule has 0 atom stereocenters. The van der Waals surface area contributed by atoms with Gasteiger partial charge in [-0.3, -0.25) is 4.79 Å². The monoisotopic (exact) mass is 393 g/mol. The molecule has 4 aromatic rings. The molecule has 4 rings (SSSR count). The molecule has 3 aromatic carbocycles. The van der Waals surface area contributed by atoms with E-state index in [4.69, 9.17) is 4.42 Å². The Labute approximate surface area is 151 Å². The van der Waals surface area contributed by atoms with Gasteiger partial charge in [0, 0.05) is 15.5 Å². The van der Waals surface area contributed by atoms with Gasteiger partial charge in [0.1, 0.15) is 11.1 Å². The second kappa shape index (κ2) is 6.18. The molecule has 0 spiro atoms. The highest BCUT2D eigenvalue weighted by Crippen LogP contribution is 2.25. The Kier molecular flexibility index (Phi) is 3.86. The highest BCUT2D eigenvalue weighted by molar-refractivity contribution is 9.10. The summed E-state index contributed by atoms with van der Waals surface area (Å²) in [6, 6.07) is 20.2. The van der Waals surface area contributed by atoms with Gasteiger partial charge in [0.15, 0.2) is 0 Å². The fraction of sp³-hybridized carbons (Fsp3) is 0. The van der Waals surface area contributed by atoms with Crippen molar-refractivity contribution in [3.05, 3.63) is 87.2 Å². The van der Waals surface area contributed by atoms with Crippen molar-refractivity contribution >= 4 is 49.3 Å². The third-order valence-electron chi connectivity index (χ3n) is 3.97. The Morgan fingerprint density at radius 3 is 2.60 bits per heavy atom. The average molecular weight is 394 g/mol. The molecule has 0 unspecified atom stereocenters. The SMILES string of the molecule is O=C(Nc1cccc(Br)c1)c1cc2c(ccc3ccccc32)oc1=O. The van der Waals surface area contributed by atoms with Crippen LogP contribution >= 0.6 is 15.9 Å². The molecule has 0 bridgehead atoms. The minimum atomic E-state index is -0.657. The summed E-state index contributed by atoms with van der Waals surface area (Å²) in [6.07, 6.45) is 0. The third kappa shape index (κ3) is 2.94. The van der Waals surface area contributed by atoms with Crippen LogP contribution in [0.5, 0.6) is 0 Å². The van der Waals surface area contributed by atoms with Crippen LogP contribution in [-0.4, -0.2) is 5.91 Å². The number of hydrogen-bond acceptors (Lipinski definition) is 3. The van der Waals surface area contributed by atoms with Crippen molar-refractivity contribution in [2.75, 3.05) is 5.32 Å². The lowest BCUT2D eigenvalue weighted by Crippen LogP contribution is -2.20. The van der Waals surface area contributed by atoms with Gasteiger partial charge >= 0.3 is 5.63 Å². The molecule has 0 aliphatic heterocycles. The Morgan fingerprint density at radius 1 is 0.920 bits per heavy atom. The first kappa shape index (κ1) is 15.6. The molecule has 0 aliphatic carbocycles. The zero-order valence-electron chi connectivity index (χ0n) is 13.0. The van der Waals surface area contributed by atoms with Gasteiger partial charge in [-0.1, -0.05) is 52.3 Å². The maximum Gasteiger partial charge on any atom is 0.349 e. The zero-order valence-corrected chi connectivity index (χ0v) is 14.5. The first-order chi connectivity index (χ1) is 12.1. The average Bonchev–Trinajstić information content (AvgIpc) is 2.61. The van der Waals surface area contributed by atoms with Gasteiger partial charge in [-0.15, -0.1) is 0 Å². The van der Waals surface area contributed by atoms with Gasteiger partial charge in [-0.25, -0.2) is 4.79 Å². The smallest absolute Gasteiger partial charge is 0.349 e. The van der Waals surface area contributed by atoms with Gasteiger partial charge < -0.3 is 9.73 Å². The molecule has 1 amide bonds. The summed E-state index contributed by atoms with van der Waals surface area (Å²) in [5, 5.41) is 5.40. The van der Waals surface area contributed by atoms with Crippen molar-refractivity contribution < 1.29 is 9.21 Å². The summed E-state index contributed by atoms with van der Waals surface area (Å²) in [5.74, 6) is -0.498. The van der Waals surface area contributed by atoms with E-state index in [-0.39, 0.29) is 5.56 Å². The van der Waals surface area contributed by atoms with Crippen molar-refractivity contribution in [3.8, 4) is 0 Å². The van der Waals surface area contributed by atoms with Crippen molar-refractivity contribution in [2.24, 2.45) is 0 Å². The number of anilines is 1. The van der Waals surface area contributed by atoms with E-state index in [2.05, 4.69) is 21.2 Å². The lowest BCUT2D eigenvalue weighted by atomic mass is 10.0. The van der Waals surface area contributed by atoms with E-state index in [0.29, 0.717) is 11.3 Å². The van der Waals surface area contributed by atoms with Crippen LogP contribution < -0.4 is 10.9 Å². The Morgan fingerprint density at radius 2 is 1.76 bits per heavy atom. The van der Waals surface area contributed by atoms with E-state index in [1.165, 1.54) is 0 Å². The predicted molar refractivity (Wildman–Crippen MR) is 102 cm³/mol. The summed E-state index contributed by atoms with van der Waals surface area (Å²) >= 11 is 3.35. The Bertz CT molecular complexity index is 1180. The molecule has 4 nitrogen and oxygen atoms in total. The largest absolute Gasteiger partial charge is 0.422 e. The number of fused-ring (bicyclic) bond motifs is 3. The van der Waals surface area contributed by atoms with Crippen molar-refractivity contribution in [2.45, 2.75) is 0 Å². The maximum atomic E-state index is 12.5. The highest BCUT2D eigenvalue weighted by Gasteiger charge is 2.15. The molecule has 0 saturated heterocycles. The zero-order chi connectivity index (χ0) is 17.4. The van der Waals surface area contributed by atoms with E-state index in [1.807, 2.05) is 36.4 Å². The minimum absolute atomic E-state index is 0.0242. The summed E-state index contributed by atoms with van der Waals surface area (Å²) in [6.45, 7) is 0. The van der Waals surface area contributed by atoms with Crippen LogP contribution in [-0.2, 0) is 0 Å². The van der Waals surface area contributed by atoms with Gasteiger partial charge in [-0.2, -0.15) is 0 Å². The maximum absolute atomic E-state index is 12.5. The van der Waals surface area contributed by atoms with Crippen LogP contribution in [0.15, 0.2) is 80.4 Å². The molecule has 0 saturated carbocycles. The topological polar surface area (TPSA) is 59.3 Å². The quantitative estimate of drug-likeness (QED) is 0.386. The van der Waals surface area contributed by atoms with E-state index >= 15 is 0 Å². The summed E-state index contributed by atoms with van der Waals surface area (Å²) < 4.78 is 6.19. The van der Waals surface area contributed by atoms with Gasteiger partial charge in [-0.05, 0) is 41.1 Å². The van der Waals surface area contributed by atoms with Crippen LogP contribution in [0.2, 0.25) is 0 Å². The number of halogens is 1. The summed E-state index contributed by atoms with van der Waals surface area (Å²) in [5.41, 5.74) is 0.374. The lowest BCUT2D eigenvalue weighted by molar-refractivity contribution is 0.102. The number of amides is 1. The number of carbonyl (C=O) groups is 1. The fourth-order valence-electron chi connectivity index (χ4n) is 2.79. The number of carbonyl (C=O) groups excluding carboxylic acids is 1. The van der Waals surface area contributed by atoms with E-state index in [1.54, 1.807) is 30.3 Å². The first-order valence-electron chi connectivity index (χ1n) is 7.64. The Balaban J connectivity index is 1.83. The van der Waals surface area contributed by atoms with E-state index in [9.17, 15) is 9.59 Å². The highest BCUT2D eigenvalue weighted by atomic mass is 79.9. The van der Waals surface area contributed by atoms with Crippen LogP contribution in [0.25, 0.3) is 21.7 Å². The normalized spacial score (nSPS) is 10.9. The molecule has 5 heteroatoms. The molecular weight excluding hydrogens is 382 g/mol. The molecule has 122 valence electrons. The van der Waals surface area contributed by atoms with Crippen molar-refractivity contribution in [3.63, 3.8) is 0 Å². The lowest BCUT2D eigenvalue weighted by Gasteiger charge is -2.07. The molecule has 25 heavy (non-hydrogen) atoms. The van der Waals surface area contributed by atoms with Crippen LogP contribution in [0, 0.1) is 0 Å². The third-order valence-corrected chi connectivity index (χ3v) is 4.46. The number of benzene rings is 3. The fourth-order valence-corrected chi connectivity index (χ4v) is 3.19. The molecule has 0 fully saturated rings. The van der Waals surface area contributed by atoms with Crippen LogP contribution in [0.4, 0.5) is 5.69 Å². The first-order valence-corrected chi connectivity index (χ1v) is 8.44. The standard InChI is InChI=1S/C20H12BrNO3/c21-13-5-3-6-14(10-13)22-19(23)17-11-16-15-7-2-1-4-12(15)8-9-18(16)25-20(17)24/h1-11H,(H,22,23). The van der Waals surface area contributed by atoms with Gasteiger partial charge in [0.2, 0.25) is 0 Å². The molecule has 0 radical (unpaired) electrons. The number of nitrogens with one attached hydrogen (secondary N) is 1. The van der Waals surface area contributed by atoms with Gasteiger partial charge in [0.25, 0.3) is 5.91 Å². The number of rotatable bonds is 2. The van der Waals surface area contributed by atoms with Gasteiger partial charge in [0.05, 0.1) is 0 Å². The number of hydrogen-bond donors (Lipinski definition) is 1. The summed E-state index contributed by atoms with van der Waals surface area (Å²) in [7, 11) is 0. The van der Waals surface area contributed by atoms with Crippen molar-refractivity contribution in [1.29, 1.82) is 0 Å². The van der Waals surface area contributed by atoms with Crippen LogP contribution in [0.1, 0.15) is 10.4 Å². The molecule has 1 heterocycles. The molecule has 0 aliphatic rings. The summed E-state index contributed by atoms with van der Waals surface area (Å²) in [4.78, 5) is 24.8. The molecule has 1 N–H and O–H groups in total. The van der Waals surface area contributed by atoms with E-state index in [0.717, 1.165) is 20.6 Å². The predicted octanol–water partition coefficient (Wildman–Crippen LogP) is 4.96. The van der Waals surface area contributed by atoms with E-state index < -0.39 is 11.5 Å². The molecule has 1 aromatic heterocycles. The van der Waals surface area contributed by atoms with Crippen molar-refractivity contribution in [1.82, 2.24) is 0 Å². The Hall–Kier alpha value is -2.92. The molecular formula is C20H12BrNO3. The second-order valence-electron chi connectivity index (χ2n) is 5.61. The van der Waals surface area contributed by atoms with Crippen LogP contribution in [0.3, 0.4) is 0 Å². The minimum Gasteiger partial charge on any atom is -0.422 e.